The topological polar surface area (TPSA) is 35.5 Å². The van der Waals surface area contributed by atoms with E-state index >= 15 is 0 Å². The second-order valence-corrected chi connectivity index (χ2v) is 4.06. The van der Waals surface area contributed by atoms with Crippen molar-refractivity contribution in [2.24, 2.45) is 0 Å². The molecule has 1 heterocycles. The van der Waals surface area contributed by atoms with Crippen molar-refractivity contribution in [1.29, 1.82) is 0 Å². The van der Waals surface area contributed by atoms with Gasteiger partial charge in [0.2, 0.25) is 0 Å². The maximum Gasteiger partial charge on any atom is 0.319 e. The fourth-order valence-electron chi connectivity index (χ4n) is 1.34. The van der Waals surface area contributed by atoms with Gasteiger partial charge in [-0.2, -0.15) is 0 Å². The molecule has 1 fully saturated rings. The van der Waals surface area contributed by atoms with Gasteiger partial charge in [-0.3, -0.25) is 4.57 Å². The quantitative estimate of drug-likeness (QED) is 0.649. The van der Waals surface area contributed by atoms with Gasteiger partial charge in [0.15, 0.2) is 0 Å². The van der Waals surface area contributed by atoms with Crippen LogP contribution < -0.4 is 0 Å². The van der Waals surface area contributed by atoms with Crippen LogP contribution in [0.15, 0.2) is 30.3 Å². The Balaban J connectivity index is 2.07. The second kappa shape index (κ2) is 4.05. The van der Waals surface area contributed by atoms with Crippen LogP contribution in [0.2, 0.25) is 0 Å². The molecule has 3 nitrogen and oxygen atoms in total. The molecule has 0 amide bonds. The standard InChI is InChI=1S/C9H11O3P/c10-13-11-6-9(7-12-13)8-4-2-1-3-5-8/h1-5,9,13H,6-7H2. The van der Waals surface area contributed by atoms with E-state index in [0.717, 1.165) is 0 Å². The summed E-state index contributed by atoms with van der Waals surface area (Å²) >= 11 is 0. The van der Waals surface area contributed by atoms with Gasteiger partial charge in [-0.05, 0) is 5.56 Å². The van der Waals surface area contributed by atoms with Crippen LogP contribution in [0.1, 0.15) is 11.5 Å². The highest BCUT2D eigenvalue weighted by molar-refractivity contribution is 7.33. The summed E-state index contributed by atoms with van der Waals surface area (Å²) in [6.07, 6.45) is 0. The maximum absolute atomic E-state index is 10.8. The maximum atomic E-state index is 10.8. The van der Waals surface area contributed by atoms with E-state index in [2.05, 4.69) is 0 Å². The van der Waals surface area contributed by atoms with Gasteiger partial charge >= 0.3 is 8.25 Å². The fourth-order valence-corrected chi connectivity index (χ4v) is 2.10. The molecular formula is C9H11O3P. The van der Waals surface area contributed by atoms with E-state index in [-0.39, 0.29) is 5.92 Å². The van der Waals surface area contributed by atoms with E-state index in [0.29, 0.717) is 13.2 Å². The molecule has 0 spiro atoms. The van der Waals surface area contributed by atoms with Crippen LogP contribution in [0.3, 0.4) is 0 Å². The largest absolute Gasteiger partial charge is 0.319 e. The van der Waals surface area contributed by atoms with Crippen LogP contribution in [0.25, 0.3) is 0 Å². The average molecular weight is 198 g/mol. The highest BCUT2D eigenvalue weighted by atomic mass is 31.1. The van der Waals surface area contributed by atoms with Gasteiger partial charge in [0.25, 0.3) is 0 Å². The lowest BCUT2D eigenvalue weighted by Gasteiger charge is -2.21. The first-order valence-electron chi connectivity index (χ1n) is 4.21. The molecule has 1 aromatic rings. The van der Waals surface area contributed by atoms with Crippen molar-refractivity contribution in [2.75, 3.05) is 13.2 Å². The lowest BCUT2D eigenvalue weighted by molar-refractivity contribution is 0.142. The summed E-state index contributed by atoms with van der Waals surface area (Å²) in [4.78, 5) is 0. The number of rotatable bonds is 1. The molecule has 1 aliphatic rings. The third kappa shape index (κ3) is 2.19. The lowest BCUT2D eigenvalue weighted by atomic mass is 10.0. The van der Waals surface area contributed by atoms with Gasteiger partial charge in [0, 0.05) is 5.92 Å². The Bertz CT molecular complexity index is 289. The Kier molecular flexibility index (Phi) is 2.79. The molecule has 0 bridgehead atoms. The molecule has 0 atom stereocenters. The first kappa shape index (κ1) is 8.95. The van der Waals surface area contributed by atoms with Crippen LogP contribution >= 0.6 is 8.25 Å². The van der Waals surface area contributed by atoms with E-state index < -0.39 is 8.25 Å². The zero-order chi connectivity index (χ0) is 9.10. The first-order valence-corrected chi connectivity index (χ1v) is 5.43. The van der Waals surface area contributed by atoms with Gasteiger partial charge in [0.05, 0.1) is 13.2 Å². The van der Waals surface area contributed by atoms with Crippen molar-refractivity contribution in [3.63, 3.8) is 0 Å². The van der Waals surface area contributed by atoms with E-state index in [1.807, 2.05) is 30.3 Å². The zero-order valence-electron chi connectivity index (χ0n) is 7.10. The molecule has 0 N–H and O–H groups in total. The SMILES string of the molecule is O=[PH]1OCC(c2ccccc2)CO1. The number of benzene rings is 1. The second-order valence-electron chi connectivity index (χ2n) is 2.98. The molecule has 4 heteroatoms. The zero-order valence-corrected chi connectivity index (χ0v) is 8.10. The molecule has 1 saturated heterocycles. The highest BCUT2D eigenvalue weighted by Crippen LogP contribution is 2.34. The predicted octanol–water partition coefficient (Wildman–Crippen LogP) is 2.21. The lowest BCUT2D eigenvalue weighted by Crippen LogP contribution is -2.15. The summed E-state index contributed by atoms with van der Waals surface area (Å²) in [7, 11) is -2.18. The molecule has 2 rings (SSSR count). The van der Waals surface area contributed by atoms with Gasteiger partial charge in [0.1, 0.15) is 0 Å². The van der Waals surface area contributed by atoms with Crippen LogP contribution in [0.5, 0.6) is 0 Å². The summed E-state index contributed by atoms with van der Waals surface area (Å²) in [5.74, 6) is 0.226. The highest BCUT2D eigenvalue weighted by Gasteiger charge is 2.19. The third-order valence-corrected chi connectivity index (χ3v) is 2.88. The van der Waals surface area contributed by atoms with Crippen molar-refractivity contribution in [3.8, 4) is 0 Å². The van der Waals surface area contributed by atoms with Gasteiger partial charge in [-0.1, -0.05) is 30.3 Å². The minimum atomic E-state index is -2.18. The first-order chi connectivity index (χ1) is 6.36. The van der Waals surface area contributed by atoms with Crippen molar-refractivity contribution in [2.45, 2.75) is 5.92 Å². The van der Waals surface area contributed by atoms with Crippen LogP contribution in [0.4, 0.5) is 0 Å². The number of hydrogen-bond donors (Lipinski definition) is 0. The van der Waals surface area contributed by atoms with Gasteiger partial charge in [-0.15, -0.1) is 0 Å². The molecule has 1 aliphatic heterocycles. The Morgan fingerprint density at radius 3 is 2.38 bits per heavy atom. The molecule has 0 aromatic heterocycles. The van der Waals surface area contributed by atoms with E-state index in [9.17, 15) is 4.57 Å². The summed E-state index contributed by atoms with van der Waals surface area (Å²) in [6.45, 7) is 1.00. The monoisotopic (exact) mass is 198 g/mol. The molecule has 1 aromatic carbocycles. The smallest absolute Gasteiger partial charge is 0.310 e. The minimum Gasteiger partial charge on any atom is -0.310 e. The molecule has 0 radical (unpaired) electrons. The molecule has 0 aliphatic carbocycles. The Labute approximate surface area is 77.6 Å². The molecule has 0 unspecified atom stereocenters. The van der Waals surface area contributed by atoms with E-state index in [1.54, 1.807) is 0 Å². The summed E-state index contributed by atoms with van der Waals surface area (Å²) in [5, 5.41) is 0. The van der Waals surface area contributed by atoms with Crippen molar-refractivity contribution < 1.29 is 13.6 Å². The van der Waals surface area contributed by atoms with Crippen LogP contribution in [-0.2, 0) is 13.6 Å². The van der Waals surface area contributed by atoms with E-state index in [1.165, 1.54) is 5.56 Å². The van der Waals surface area contributed by atoms with Crippen molar-refractivity contribution in [1.82, 2.24) is 0 Å². The minimum absolute atomic E-state index is 0.226. The molecule has 0 saturated carbocycles. The van der Waals surface area contributed by atoms with Crippen LogP contribution in [-0.4, -0.2) is 13.2 Å². The molecule has 13 heavy (non-hydrogen) atoms. The van der Waals surface area contributed by atoms with Crippen molar-refractivity contribution in [3.05, 3.63) is 35.9 Å². The molecular weight excluding hydrogens is 187 g/mol. The Morgan fingerprint density at radius 2 is 1.77 bits per heavy atom. The third-order valence-electron chi connectivity index (χ3n) is 2.08. The molecule has 70 valence electrons. The van der Waals surface area contributed by atoms with Crippen LogP contribution in [0, 0.1) is 0 Å². The Hall–Kier alpha value is -0.630. The summed E-state index contributed by atoms with van der Waals surface area (Å²) in [6, 6.07) is 9.98. The average Bonchev–Trinajstić information content (AvgIpc) is 2.20. The van der Waals surface area contributed by atoms with E-state index in [4.69, 9.17) is 9.05 Å². The fraction of sp³-hybridized carbons (Fsp3) is 0.333. The summed E-state index contributed by atoms with van der Waals surface area (Å²) < 4.78 is 20.7. The number of hydrogen-bond acceptors (Lipinski definition) is 3. The van der Waals surface area contributed by atoms with Crippen molar-refractivity contribution >= 4 is 8.25 Å². The predicted molar refractivity (Wildman–Crippen MR) is 50.1 cm³/mol. The van der Waals surface area contributed by atoms with Gasteiger partial charge in [-0.25, -0.2) is 0 Å². The summed E-state index contributed by atoms with van der Waals surface area (Å²) in [5.41, 5.74) is 1.18. The normalized spacial score (nSPS) is 28.6. The van der Waals surface area contributed by atoms with Gasteiger partial charge < -0.3 is 9.05 Å². The Morgan fingerprint density at radius 1 is 1.15 bits per heavy atom.